The zero-order valence-electron chi connectivity index (χ0n) is 16.9. The predicted molar refractivity (Wildman–Crippen MR) is 125 cm³/mol. The lowest BCUT2D eigenvalue weighted by Crippen LogP contribution is -2.23. The molecule has 5 nitrogen and oxygen atoms in total. The van der Waals surface area contributed by atoms with Crippen LogP contribution in [0.25, 0.3) is 21.2 Å². The molecule has 0 radical (unpaired) electrons. The molecule has 1 unspecified atom stereocenters. The van der Waals surface area contributed by atoms with E-state index in [1.165, 1.54) is 10.1 Å². The van der Waals surface area contributed by atoms with Gasteiger partial charge in [0.05, 0.1) is 23.0 Å². The molecule has 1 N–H and O–H groups in total. The highest BCUT2D eigenvalue weighted by Gasteiger charge is 2.18. The number of nitrogens with one attached hydrogen (secondary N) is 1. The van der Waals surface area contributed by atoms with Crippen LogP contribution in [-0.4, -0.2) is 18.0 Å². The summed E-state index contributed by atoms with van der Waals surface area (Å²) in [6, 6.07) is 15.4. The third-order valence-corrected chi connectivity index (χ3v) is 7.76. The van der Waals surface area contributed by atoms with Crippen LogP contribution in [0, 0.1) is 6.92 Å². The molecular weight excluding hydrogens is 426 g/mol. The first kappa shape index (κ1) is 19.8. The number of thiophene rings is 1. The highest BCUT2D eigenvalue weighted by molar-refractivity contribution is 7.89. The van der Waals surface area contributed by atoms with Gasteiger partial charge in [0.25, 0.3) is 10.0 Å². The molecule has 2 aromatic carbocycles. The average molecular weight is 448 g/mol. The van der Waals surface area contributed by atoms with Crippen LogP contribution in [0.1, 0.15) is 18.2 Å². The van der Waals surface area contributed by atoms with Gasteiger partial charge < -0.3 is 4.57 Å². The van der Waals surface area contributed by atoms with Crippen molar-refractivity contribution in [2.24, 2.45) is 0 Å². The number of hydrogen-bond donors (Lipinski definition) is 1. The summed E-state index contributed by atoms with van der Waals surface area (Å²) >= 11 is 1.69. The van der Waals surface area contributed by atoms with Gasteiger partial charge in [-0.2, -0.15) is 0 Å². The molecule has 156 valence electrons. The van der Waals surface area contributed by atoms with E-state index in [-0.39, 0.29) is 10.9 Å². The van der Waals surface area contributed by atoms with E-state index in [0.29, 0.717) is 12.1 Å². The number of fused-ring (bicyclic) bond motifs is 1. The van der Waals surface area contributed by atoms with Crippen molar-refractivity contribution in [2.45, 2.75) is 24.3 Å². The van der Waals surface area contributed by atoms with E-state index < -0.39 is 10.0 Å². The Morgan fingerprint density at radius 2 is 1.94 bits per heavy atom. The Labute approximate surface area is 185 Å². The van der Waals surface area contributed by atoms with Crippen LogP contribution in [0.4, 0.5) is 0 Å². The molecule has 4 aromatic rings. The quantitative estimate of drug-likeness (QED) is 0.443. The zero-order chi connectivity index (χ0) is 21.4. The van der Waals surface area contributed by atoms with Crippen LogP contribution in [0.2, 0.25) is 0 Å². The molecule has 31 heavy (non-hydrogen) atoms. The number of aromatic nitrogens is 2. The molecule has 1 aliphatic carbocycles. The summed E-state index contributed by atoms with van der Waals surface area (Å²) < 4.78 is 31.7. The lowest BCUT2D eigenvalue weighted by atomic mass is 10.1. The molecule has 0 saturated carbocycles. The Bertz CT molecular complexity index is 1410. The molecule has 2 aromatic heterocycles. The first-order chi connectivity index (χ1) is 15.0. The minimum absolute atomic E-state index is 0.147. The molecule has 0 saturated heterocycles. The van der Waals surface area contributed by atoms with Gasteiger partial charge in [0.2, 0.25) is 0 Å². The molecule has 0 bridgehead atoms. The van der Waals surface area contributed by atoms with Crippen molar-refractivity contribution >= 4 is 31.4 Å². The van der Waals surface area contributed by atoms with Crippen LogP contribution < -0.4 is 4.72 Å². The second kappa shape index (κ2) is 7.83. The van der Waals surface area contributed by atoms with Gasteiger partial charge in [-0.3, -0.25) is 4.72 Å². The first-order valence-electron chi connectivity index (χ1n) is 9.97. The lowest BCUT2D eigenvalue weighted by molar-refractivity contribution is 0.584. The molecule has 5 rings (SSSR count). The van der Waals surface area contributed by atoms with Gasteiger partial charge in [-0.15, -0.1) is 11.3 Å². The molecule has 7 heteroatoms. The van der Waals surface area contributed by atoms with Crippen molar-refractivity contribution in [3.63, 3.8) is 0 Å². The molecule has 0 aliphatic heterocycles. The fraction of sp³-hybridized carbons (Fsp3) is 0.125. The van der Waals surface area contributed by atoms with Crippen LogP contribution in [0.3, 0.4) is 0 Å². The molecule has 0 amide bonds. The highest BCUT2D eigenvalue weighted by Crippen LogP contribution is 2.34. The monoisotopic (exact) mass is 447 g/mol. The van der Waals surface area contributed by atoms with E-state index >= 15 is 0 Å². The van der Waals surface area contributed by atoms with E-state index in [2.05, 4.69) is 27.2 Å². The number of allylic oxidation sites excluding steroid dienone is 3. The van der Waals surface area contributed by atoms with Gasteiger partial charge in [-0.05, 0) is 48.6 Å². The normalized spacial score (nSPS) is 16.4. The molecule has 1 atom stereocenters. The van der Waals surface area contributed by atoms with Crippen LogP contribution in [0.15, 0.2) is 95.3 Å². The van der Waals surface area contributed by atoms with Gasteiger partial charge in [-0.25, -0.2) is 13.4 Å². The third kappa shape index (κ3) is 3.94. The Morgan fingerprint density at radius 1 is 1.13 bits per heavy atom. The fourth-order valence-electron chi connectivity index (χ4n) is 3.76. The van der Waals surface area contributed by atoms with E-state index in [1.54, 1.807) is 29.8 Å². The fourth-order valence-corrected chi connectivity index (χ4v) is 5.80. The SMILES string of the molecule is Cc1cn(C2C=CC(NS(=O)(=O)c3ccc(-c4csc5ccccc45)cc3)=CC2)cn1. The van der Waals surface area contributed by atoms with Crippen LogP contribution in [0.5, 0.6) is 0 Å². The van der Waals surface area contributed by atoms with Gasteiger partial charge in [0.1, 0.15) is 0 Å². The summed E-state index contributed by atoms with van der Waals surface area (Å²) in [6.07, 6.45) is 10.2. The number of imidazole rings is 1. The molecule has 2 heterocycles. The molecule has 0 fully saturated rings. The molecule has 1 aliphatic rings. The number of aryl methyl sites for hydroxylation is 1. The third-order valence-electron chi connectivity index (χ3n) is 5.40. The number of sulfonamides is 1. The maximum atomic E-state index is 12.9. The van der Waals surface area contributed by atoms with E-state index in [0.717, 1.165) is 16.8 Å². The summed E-state index contributed by atoms with van der Waals surface area (Å²) in [5, 5.41) is 3.30. The van der Waals surface area contributed by atoms with Crippen molar-refractivity contribution in [1.29, 1.82) is 0 Å². The second-order valence-corrected chi connectivity index (χ2v) is 10.2. The van der Waals surface area contributed by atoms with Gasteiger partial charge >= 0.3 is 0 Å². The van der Waals surface area contributed by atoms with Gasteiger partial charge in [-0.1, -0.05) is 42.5 Å². The Balaban J connectivity index is 1.32. The maximum absolute atomic E-state index is 12.9. The van der Waals surface area contributed by atoms with Crippen molar-refractivity contribution in [3.8, 4) is 11.1 Å². The number of benzene rings is 2. The van der Waals surface area contributed by atoms with E-state index in [9.17, 15) is 8.42 Å². The largest absolute Gasteiger partial charge is 0.330 e. The average Bonchev–Trinajstić information content (AvgIpc) is 3.40. The van der Waals surface area contributed by atoms with Crippen molar-refractivity contribution in [2.75, 3.05) is 0 Å². The standard InChI is InChI=1S/C24H21N3O2S2/c1-17-14-27(16-25-17)20-10-8-19(9-11-20)26-31(28,29)21-12-6-18(7-13-21)23-15-30-24-5-3-2-4-22(23)24/h2-10,12-16,20,26H,11H2,1H3. The predicted octanol–water partition coefficient (Wildman–Crippen LogP) is 5.44. The molecule has 0 spiro atoms. The second-order valence-electron chi connectivity index (χ2n) is 7.56. The summed E-state index contributed by atoms with van der Waals surface area (Å²) in [5.41, 5.74) is 3.67. The topological polar surface area (TPSA) is 64.0 Å². The zero-order valence-corrected chi connectivity index (χ0v) is 18.5. The first-order valence-corrected chi connectivity index (χ1v) is 12.3. The van der Waals surface area contributed by atoms with Gasteiger partial charge in [0.15, 0.2) is 0 Å². The highest BCUT2D eigenvalue weighted by atomic mass is 32.2. The minimum Gasteiger partial charge on any atom is -0.330 e. The van der Waals surface area contributed by atoms with Crippen molar-refractivity contribution in [3.05, 3.63) is 96.1 Å². The number of hydrogen-bond acceptors (Lipinski definition) is 4. The van der Waals surface area contributed by atoms with E-state index in [1.807, 2.05) is 60.2 Å². The van der Waals surface area contributed by atoms with Crippen LogP contribution >= 0.6 is 11.3 Å². The summed E-state index contributed by atoms with van der Waals surface area (Å²) in [6.45, 7) is 1.95. The Morgan fingerprint density at radius 3 is 2.65 bits per heavy atom. The molecular formula is C24H21N3O2S2. The number of nitrogens with zero attached hydrogens (tertiary/aromatic N) is 2. The number of rotatable bonds is 5. The van der Waals surface area contributed by atoms with E-state index in [4.69, 9.17) is 0 Å². The van der Waals surface area contributed by atoms with Crippen LogP contribution in [-0.2, 0) is 10.0 Å². The van der Waals surface area contributed by atoms with Gasteiger partial charge in [0, 0.05) is 27.5 Å². The Hall–Kier alpha value is -3.16. The van der Waals surface area contributed by atoms with Crippen molar-refractivity contribution < 1.29 is 8.42 Å². The minimum atomic E-state index is -3.65. The Kier molecular flexibility index (Phi) is 5.00. The summed E-state index contributed by atoms with van der Waals surface area (Å²) in [7, 11) is -3.65. The summed E-state index contributed by atoms with van der Waals surface area (Å²) in [4.78, 5) is 4.50. The van der Waals surface area contributed by atoms with Crippen molar-refractivity contribution in [1.82, 2.24) is 14.3 Å². The smallest absolute Gasteiger partial charge is 0.261 e. The maximum Gasteiger partial charge on any atom is 0.261 e. The lowest BCUT2D eigenvalue weighted by Gasteiger charge is -2.18. The summed E-state index contributed by atoms with van der Waals surface area (Å²) in [5.74, 6) is 0.